The van der Waals surface area contributed by atoms with E-state index in [-0.39, 0.29) is 22.5 Å². The Morgan fingerprint density at radius 3 is 1.75 bits per heavy atom. The predicted molar refractivity (Wildman–Crippen MR) is 182 cm³/mol. The van der Waals surface area contributed by atoms with Gasteiger partial charge in [0.1, 0.15) is 22.0 Å². The summed E-state index contributed by atoms with van der Waals surface area (Å²) in [5.74, 6) is 0.251. The first kappa shape index (κ1) is 39.2. The molecule has 0 atom stereocenters. The Hall–Kier alpha value is -6.29. The summed E-state index contributed by atoms with van der Waals surface area (Å²) in [4.78, 5) is -0.442. The van der Waals surface area contributed by atoms with Crippen molar-refractivity contribution in [2.75, 3.05) is 12.8 Å². The Morgan fingerprint density at radius 1 is 0.647 bits per heavy atom. The third kappa shape index (κ3) is 12.0. The number of ether oxygens (including phenoxy) is 1. The minimum atomic E-state index is -4.51. The van der Waals surface area contributed by atoms with Gasteiger partial charge in [0.05, 0.1) is 35.5 Å². The smallest absolute Gasteiger partial charge is 0.425 e. The summed E-state index contributed by atoms with van der Waals surface area (Å²) in [7, 11) is -9.20. The molecule has 5 aromatic carbocycles. The number of azo groups is 3. The van der Waals surface area contributed by atoms with E-state index in [0.717, 1.165) is 11.3 Å². The highest BCUT2D eigenvalue weighted by molar-refractivity contribution is 7.86. The number of methoxy groups -OCH3 is 1. The molecule has 0 aliphatic heterocycles. The van der Waals surface area contributed by atoms with E-state index < -0.39 is 36.2 Å². The van der Waals surface area contributed by atoms with Crippen molar-refractivity contribution in [1.29, 1.82) is 0 Å². The van der Waals surface area contributed by atoms with Crippen LogP contribution >= 0.6 is 0 Å². The molecule has 0 saturated heterocycles. The van der Waals surface area contributed by atoms with Gasteiger partial charge in [-0.1, -0.05) is 24.3 Å². The van der Waals surface area contributed by atoms with Crippen molar-refractivity contribution in [1.82, 2.24) is 0 Å². The zero-order valence-corrected chi connectivity index (χ0v) is 28.7. The Balaban J connectivity index is 0.000000795. The molecule has 0 amide bonds. The van der Waals surface area contributed by atoms with Crippen LogP contribution in [0, 0.1) is 6.92 Å². The summed E-state index contributed by atoms with van der Waals surface area (Å²) >= 11 is 0. The summed E-state index contributed by atoms with van der Waals surface area (Å²) < 4.78 is 88.6. The van der Waals surface area contributed by atoms with Gasteiger partial charge in [-0.15, -0.1) is 35.5 Å². The number of nitrogens with zero attached hydrogens (tertiary/aromatic N) is 6. The zero-order chi connectivity index (χ0) is 37.7. The standard InChI is InChI=1S/C30H25N7O5S.2O3S/c1-18-14-21(34-37-27-11-8-19-15-29(43(39,40)41)24(31)17-23(19)30(27)38)9-12-25(18)35-36-26-13-10-22(16-28(26)42-2)33-32-20-6-4-3-5-7-20;2*1-4(2)3/h3-17,38H,31H2,1-2H3,(H,39,40,41);;. The highest BCUT2D eigenvalue weighted by Gasteiger charge is 2.17. The van der Waals surface area contributed by atoms with Crippen LogP contribution in [0.15, 0.2) is 127 Å². The monoisotopic (exact) mass is 755 g/mol. The lowest BCUT2D eigenvalue weighted by Gasteiger charge is -2.08. The number of hydrogen-bond acceptors (Lipinski definition) is 17. The molecular formula is C30H25N7O11S3. The molecule has 264 valence electrons. The van der Waals surface area contributed by atoms with Crippen molar-refractivity contribution in [3.05, 3.63) is 96.6 Å². The van der Waals surface area contributed by atoms with E-state index in [4.69, 9.17) is 35.7 Å². The van der Waals surface area contributed by atoms with Crippen LogP contribution in [-0.2, 0) is 31.3 Å². The second kappa shape index (κ2) is 17.9. The van der Waals surface area contributed by atoms with E-state index in [2.05, 4.69) is 30.7 Å². The van der Waals surface area contributed by atoms with Gasteiger partial charge in [0.2, 0.25) is 0 Å². The van der Waals surface area contributed by atoms with Gasteiger partial charge in [-0.25, -0.2) is 0 Å². The first-order valence-corrected chi connectivity index (χ1v) is 17.2. The van der Waals surface area contributed by atoms with Crippen molar-refractivity contribution in [2.24, 2.45) is 30.7 Å². The maximum atomic E-state index is 11.5. The minimum Gasteiger partial charge on any atom is -0.505 e. The maximum absolute atomic E-state index is 11.5. The highest BCUT2D eigenvalue weighted by atomic mass is 32.2. The average molecular weight is 756 g/mol. The fourth-order valence-corrected chi connectivity index (χ4v) is 4.73. The van der Waals surface area contributed by atoms with Crippen LogP contribution in [0.3, 0.4) is 0 Å². The third-order valence-electron chi connectivity index (χ3n) is 6.30. The molecule has 0 aliphatic rings. The van der Waals surface area contributed by atoms with E-state index >= 15 is 0 Å². The fraction of sp³-hybridized carbons (Fsp3) is 0.0667. The summed E-state index contributed by atoms with van der Waals surface area (Å²) in [6.45, 7) is 1.85. The fourth-order valence-electron chi connectivity index (χ4n) is 4.10. The number of anilines is 1. The number of phenolic OH excluding ortho intramolecular Hbond substituents is 1. The normalized spacial score (nSPS) is 11.2. The predicted octanol–water partition coefficient (Wildman–Crippen LogP) is 6.93. The summed E-state index contributed by atoms with van der Waals surface area (Å²) in [5.41, 5.74) is 9.45. The molecule has 0 saturated carbocycles. The van der Waals surface area contributed by atoms with Gasteiger partial charge in [-0.2, -0.15) is 28.9 Å². The molecule has 0 radical (unpaired) electrons. The lowest BCUT2D eigenvalue weighted by molar-refractivity contribution is 0.416. The number of aryl methyl sites for hydroxylation is 1. The van der Waals surface area contributed by atoms with Crippen molar-refractivity contribution in [3.63, 3.8) is 0 Å². The van der Waals surface area contributed by atoms with E-state index in [1.165, 1.54) is 25.3 Å². The van der Waals surface area contributed by atoms with Gasteiger partial charge < -0.3 is 15.6 Å². The summed E-state index contributed by atoms with van der Waals surface area (Å²) in [6.07, 6.45) is 0. The van der Waals surface area contributed by atoms with E-state index in [1.807, 2.05) is 37.3 Å². The second-order valence-corrected chi connectivity index (χ2v) is 11.9. The van der Waals surface area contributed by atoms with Gasteiger partial charge in [0.25, 0.3) is 10.1 Å². The van der Waals surface area contributed by atoms with Gasteiger partial charge in [-0.3, -0.25) is 4.55 Å². The van der Waals surface area contributed by atoms with Gasteiger partial charge >= 0.3 is 21.2 Å². The van der Waals surface area contributed by atoms with Crippen molar-refractivity contribution in [3.8, 4) is 11.5 Å². The second-order valence-electron chi connectivity index (χ2n) is 9.69. The first-order chi connectivity index (χ1) is 24.1. The third-order valence-corrected chi connectivity index (χ3v) is 7.21. The maximum Gasteiger partial charge on any atom is 0.425 e. The van der Waals surface area contributed by atoms with Crippen LogP contribution in [0.2, 0.25) is 0 Å². The Bertz CT molecular complexity index is 2450. The Kier molecular flexibility index (Phi) is 13.8. The molecule has 4 N–H and O–H groups in total. The van der Waals surface area contributed by atoms with Crippen LogP contribution in [0.4, 0.5) is 39.8 Å². The molecular weight excluding hydrogens is 731 g/mol. The number of nitrogens with two attached hydrogens (primary N) is 1. The van der Waals surface area contributed by atoms with Crippen molar-refractivity contribution < 1.29 is 48.1 Å². The van der Waals surface area contributed by atoms with Crippen LogP contribution in [0.1, 0.15) is 5.56 Å². The van der Waals surface area contributed by atoms with Gasteiger partial charge in [-0.05, 0) is 78.5 Å². The quantitative estimate of drug-likeness (QED) is 0.0825. The van der Waals surface area contributed by atoms with E-state index in [9.17, 15) is 18.1 Å². The molecule has 0 unspecified atom stereocenters. The molecule has 0 heterocycles. The molecule has 51 heavy (non-hydrogen) atoms. The summed E-state index contributed by atoms with van der Waals surface area (Å²) in [6, 6.07) is 25.3. The molecule has 0 aromatic heterocycles. The number of fused-ring (bicyclic) bond motifs is 1. The van der Waals surface area contributed by atoms with E-state index in [0.29, 0.717) is 33.9 Å². The number of nitrogen functional groups attached to an aromatic ring is 1. The highest BCUT2D eigenvalue weighted by Crippen LogP contribution is 2.39. The molecule has 5 aromatic rings. The largest absolute Gasteiger partial charge is 0.505 e. The summed E-state index contributed by atoms with van der Waals surface area (Å²) in [5, 5.41) is 36.8. The van der Waals surface area contributed by atoms with Gasteiger partial charge in [0, 0.05) is 11.5 Å². The Morgan fingerprint density at radius 2 is 1.16 bits per heavy atom. The molecule has 18 nitrogen and oxygen atoms in total. The molecule has 0 fully saturated rings. The lowest BCUT2D eigenvalue weighted by atomic mass is 10.1. The van der Waals surface area contributed by atoms with Crippen LogP contribution in [0.5, 0.6) is 11.5 Å². The molecule has 21 heteroatoms. The molecule has 0 spiro atoms. The van der Waals surface area contributed by atoms with E-state index in [1.54, 1.807) is 42.5 Å². The Labute approximate surface area is 292 Å². The van der Waals surface area contributed by atoms with Crippen LogP contribution in [-0.4, -0.2) is 50.4 Å². The number of benzene rings is 5. The lowest BCUT2D eigenvalue weighted by Crippen LogP contribution is -2.03. The molecule has 5 rings (SSSR count). The number of hydrogen-bond donors (Lipinski definition) is 3. The molecule has 0 bridgehead atoms. The minimum absolute atomic E-state index is 0.145. The number of phenols is 1. The molecule has 0 aliphatic carbocycles. The number of rotatable bonds is 8. The van der Waals surface area contributed by atoms with Crippen LogP contribution in [0.25, 0.3) is 10.8 Å². The van der Waals surface area contributed by atoms with Gasteiger partial charge in [0.15, 0.2) is 5.75 Å². The van der Waals surface area contributed by atoms with Crippen molar-refractivity contribution in [2.45, 2.75) is 11.8 Å². The van der Waals surface area contributed by atoms with Crippen LogP contribution < -0.4 is 10.5 Å². The average Bonchev–Trinajstić information content (AvgIpc) is 3.06. The zero-order valence-electron chi connectivity index (χ0n) is 26.2. The topological polar surface area (TPSA) is 286 Å². The van der Waals surface area contributed by atoms with Crippen molar-refractivity contribution >= 4 is 81.9 Å². The SMILES string of the molecule is COc1cc(N=Nc2ccccc2)ccc1N=Nc1ccc(N=Nc2ccc3cc(S(=O)(=O)O)c(N)cc3c2O)cc1C.O=S(=O)=O.O=S(=O)=O. The number of aromatic hydroxyl groups is 1. The first-order valence-electron chi connectivity index (χ1n) is 13.7.